The lowest BCUT2D eigenvalue weighted by atomic mass is 10.2. The van der Waals surface area contributed by atoms with Gasteiger partial charge in [0.05, 0.1) is 16.0 Å². The van der Waals surface area contributed by atoms with Crippen LogP contribution in [0, 0.1) is 15.9 Å². The number of para-hydroxylation sites is 1. The van der Waals surface area contributed by atoms with Gasteiger partial charge in [0, 0.05) is 18.0 Å². The average molecular weight is 421 g/mol. The topological polar surface area (TPSA) is 74.4 Å². The Morgan fingerprint density at radius 3 is 2.58 bits per heavy atom. The molecular weight excluding hydrogens is 407 g/mol. The molecule has 134 valence electrons. The summed E-state index contributed by atoms with van der Waals surface area (Å²) >= 11 is 3.38. The van der Waals surface area contributed by atoms with Crippen molar-refractivity contribution < 1.29 is 18.8 Å². The molecule has 6 nitrogen and oxygen atoms in total. The number of nitrogens with zero attached hydrogens (tertiary/aromatic N) is 2. The van der Waals surface area contributed by atoms with Crippen molar-refractivity contribution in [3.05, 3.63) is 74.1 Å². The molecule has 0 amide bonds. The van der Waals surface area contributed by atoms with Gasteiger partial charge in [-0.1, -0.05) is 24.3 Å². The van der Waals surface area contributed by atoms with Crippen LogP contribution in [0.25, 0.3) is 10.9 Å². The Morgan fingerprint density at radius 1 is 1.27 bits per heavy atom. The van der Waals surface area contributed by atoms with Crippen molar-refractivity contribution in [1.29, 1.82) is 0 Å². The minimum atomic E-state index is -0.591. The van der Waals surface area contributed by atoms with Gasteiger partial charge in [-0.05, 0) is 40.5 Å². The number of nitro groups is 1. The summed E-state index contributed by atoms with van der Waals surface area (Å²) in [5.74, 6) is -0.976. The van der Waals surface area contributed by atoms with Crippen LogP contribution in [0.5, 0.6) is 0 Å². The minimum absolute atomic E-state index is 0.124. The van der Waals surface area contributed by atoms with E-state index in [1.54, 1.807) is 31.2 Å². The maximum Gasteiger partial charge on any atom is 0.356 e. The third-order valence-corrected chi connectivity index (χ3v) is 4.72. The molecule has 0 aliphatic carbocycles. The number of ether oxygens (including phenoxy) is 1. The lowest BCUT2D eigenvalue weighted by Gasteiger charge is -2.11. The van der Waals surface area contributed by atoms with E-state index in [1.165, 1.54) is 22.8 Å². The third kappa shape index (κ3) is 3.20. The summed E-state index contributed by atoms with van der Waals surface area (Å²) in [7, 11) is 0. The van der Waals surface area contributed by atoms with Crippen molar-refractivity contribution in [3.8, 4) is 0 Å². The van der Waals surface area contributed by atoms with E-state index in [0.29, 0.717) is 20.9 Å². The van der Waals surface area contributed by atoms with Gasteiger partial charge >= 0.3 is 5.97 Å². The Morgan fingerprint density at radius 2 is 1.96 bits per heavy atom. The number of aromatic nitrogens is 1. The molecule has 0 fully saturated rings. The molecular formula is C18H14BrFN2O4. The number of carbonyl (C=O) groups excluding carboxylic acids is 1. The molecule has 0 saturated heterocycles. The number of hydrogen-bond acceptors (Lipinski definition) is 4. The largest absolute Gasteiger partial charge is 0.461 e. The molecule has 0 aliphatic rings. The summed E-state index contributed by atoms with van der Waals surface area (Å²) in [5.41, 5.74) is 1.05. The second-order valence-corrected chi connectivity index (χ2v) is 6.32. The van der Waals surface area contributed by atoms with Crippen LogP contribution in [0.15, 0.2) is 46.9 Å². The molecule has 2 aromatic carbocycles. The summed E-state index contributed by atoms with van der Waals surface area (Å²) in [6.45, 7) is 2.01. The second-order valence-electron chi connectivity index (χ2n) is 5.53. The van der Waals surface area contributed by atoms with Crippen LogP contribution in [0.2, 0.25) is 0 Å². The molecule has 1 heterocycles. The maximum atomic E-state index is 13.2. The van der Waals surface area contributed by atoms with E-state index in [9.17, 15) is 19.3 Å². The fourth-order valence-corrected chi connectivity index (χ4v) is 3.52. The zero-order valence-corrected chi connectivity index (χ0v) is 15.3. The van der Waals surface area contributed by atoms with Crippen molar-refractivity contribution in [2.24, 2.45) is 0 Å². The van der Waals surface area contributed by atoms with E-state index < -0.39 is 10.9 Å². The number of nitro benzene ring substituents is 1. The lowest BCUT2D eigenvalue weighted by molar-refractivity contribution is -0.383. The van der Waals surface area contributed by atoms with Crippen LogP contribution in [-0.2, 0) is 11.3 Å². The standard InChI is InChI=1S/C18H14BrFN2O4/c1-2-26-18(23)17-15(19)13-4-3-5-14(22(24)25)16(13)21(17)10-11-6-8-12(20)9-7-11/h3-9H,2,10H2,1H3. The molecule has 3 aromatic rings. The number of benzene rings is 2. The molecule has 0 atom stereocenters. The first-order chi connectivity index (χ1) is 12.4. The van der Waals surface area contributed by atoms with Crippen molar-refractivity contribution in [2.75, 3.05) is 6.61 Å². The van der Waals surface area contributed by atoms with E-state index in [1.807, 2.05) is 0 Å². The Balaban J connectivity index is 2.28. The monoisotopic (exact) mass is 420 g/mol. The summed E-state index contributed by atoms with van der Waals surface area (Å²) in [6, 6.07) is 10.4. The Hall–Kier alpha value is -2.74. The summed E-state index contributed by atoms with van der Waals surface area (Å²) in [6.07, 6.45) is 0. The van der Waals surface area contributed by atoms with E-state index in [4.69, 9.17) is 4.74 Å². The van der Waals surface area contributed by atoms with Crippen molar-refractivity contribution in [1.82, 2.24) is 4.57 Å². The van der Waals surface area contributed by atoms with Gasteiger partial charge in [0.15, 0.2) is 0 Å². The molecule has 0 bridgehead atoms. The van der Waals surface area contributed by atoms with Gasteiger partial charge in [0.25, 0.3) is 5.69 Å². The number of rotatable bonds is 5. The van der Waals surface area contributed by atoms with Crippen LogP contribution in [0.3, 0.4) is 0 Å². The first-order valence-electron chi connectivity index (χ1n) is 7.80. The first-order valence-corrected chi connectivity index (χ1v) is 8.60. The highest BCUT2D eigenvalue weighted by Gasteiger charge is 2.27. The van der Waals surface area contributed by atoms with Crippen LogP contribution >= 0.6 is 15.9 Å². The van der Waals surface area contributed by atoms with E-state index >= 15 is 0 Å². The van der Waals surface area contributed by atoms with Crippen molar-refractivity contribution in [3.63, 3.8) is 0 Å². The number of fused-ring (bicyclic) bond motifs is 1. The Labute approximate surface area is 156 Å². The van der Waals surface area contributed by atoms with E-state index in [-0.39, 0.29) is 30.4 Å². The van der Waals surface area contributed by atoms with Gasteiger partial charge in [-0.15, -0.1) is 0 Å². The Kier molecular flexibility index (Phi) is 5.03. The number of esters is 1. The van der Waals surface area contributed by atoms with Crippen molar-refractivity contribution in [2.45, 2.75) is 13.5 Å². The highest BCUT2D eigenvalue weighted by molar-refractivity contribution is 9.10. The zero-order chi connectivity index (χ0) is 18.8. The van der Waals surface area contributed by atoms with Gasteiger partial charge in [-0.2, -0.15) is 0 Å². The van der Waals surface area contributed by atoms with Crippen molar-refractivity contribution >= 4 is 38.5 Å². The van der Waals surface area contributed by atoms with E-state index in [0.717, 1.165) is 0 Å². The van der Waals surface area contributed by atoms with Gasteiger partial charge in [-0.3, -0.25) is 10.1 Å². The molecule has 26 heavy (non-hydrogen) atoms. The van der Waals surface area contributed by atoms with Gasteiger partial charge in [0.2, 0.25) is 0 Å². The molecule has 1 aromatic heterocycles. The van der Waals surface area contributed by atoms with Gasteiger partial charge in [0.1, 0.15) is 17.0 Å². The van der Waals surface area contributed by atoms with Crippen LogP contribution in [-0.4, -0.2) is 22.1 Å². The van der Waals surface area contributed by atoms with Gasteiger partial charge < -0.3 is 9.30 Å². The smallest absolute Gasteiger partial charge is 0.356 e. The fourth-order valence-electron chi connectivity index (χ4n) is 2.83. The van der Waals surface area contributed by atoms with Crippen LogP contribution < -0.4 is 0 Å². The molecule has 0 unspecified atom stereocenters. The highest BCUT2D eigenvalue weighted by Crippen LogP contribution is 2.37. The third-order valence-electron chi connectivity index (χ3n) is 3.92. The normalized spacial score (nSPS) is 10.9. The predicted octanol–water partition coefficient (Wildman–Crippen LogP) is 4.68. The highest BCUT2D eigenvalue weighted by atomic mass is 79.9. The maximum absolute atomic E-state index is 13.2. The first kappa shape index (κ1) is 18.1. The summed E-state index contributed by atoms with van der Waals surface area (Å²) < 4.78 is 20.3. The minimum Gasteiger partial charge on any atom is -0.461 e. The number of carbonyl (C=O) groups is 1. The molecule has 0 saturated carbocycles. The zero-order valence-electron chi connectivity index (χ0n) is 13.7. The molecule has 0 aliphatic heterocycles. The number of halogens is 2. The predicted molar refractivity (Wildman–Crippen MR) is 97.8 cm³/mol. The molecule has 0 spiro atoms. The number of non-ortho nitro benzene ring substituents is 1. The van der Waals surface area contributed by atoms with E-state index in [2.05, 4.69) is 15.9 Å². The Bertz CT molecular complexity index is 999. The fraction of sp³-hybridized carbons (Fsp3) is 0.167. The number of hydrogen-bond donors (Lipinski definition) is 0. The van der Waals surface area contributed by atoms with Gasteiger partial charge in [-0.25, -0.2) is 9.18 Å². The summed E-state index contributed by atoms with van der Waals surface area (Å²) in [4.78, 5) is 23.5. The quantitative estimate of drug-likeness (QED) is 0.341. The summed E-state index contributed by atoms with van der Waals surface area (Å²) in [5, 5.41) is 12.0. The van der Waals surface area contributed by atoms with Crippen LogP contribution in [0.1, 0.15) is 23.0 Å². The molecule has 3 rings (SSSR count). The average Bonchev–Trinajstić information content (AvgIpc) is 2.89. The SMILES string of the molecule is CCOC(=O)c1c(Br)c2cccc([N+](=O)[O-])c2n1Cc1ccc(F)cc1. The van der Waals surface area contributed by atoms with Crippen LogP contribution in [0.4, 0.5) is 10.1 Å². The second kappa shape index (κ2) is 7.25. The molecule has 0 radical (unpaired) electrons. The lowest BCUT2D eigenvalue weighted by Crippen LogP contribution is -2.14. The molecule has 8 heteroatoms. The molecule has 0 N–H and O–H groups in total.